The van der Waals surface area contributed by atoms with Crippen LogP contribution in [0.4, 0.5) is 5.13 Å². The summed E-state index contributed by atoms with van der Waals surface area (Å²) in [4.78, 5) is 12.4. The molecule has 0 atom stereocenters. The highest BCUT2D eigenvalue weighted by molar-refractivity contribution is 14.1. The molecule has 0 aliphatic heterocycles. The fourth-order valence-corrected chi connectivity index (χ4v) is 3.89. The second kappa shape index (κ2) is 10.9. The molecule has 0 saturated heterocycles. The SMILES string of the molecule is CCc1nnc(NC(=O)C(C#N)=Cc2ccc(OCc3cccc(I)c3)c(OC)c2)s1. The molecule has 0 aliphatic rings. The molecule has 7 nitrogen and oxygen atoms in total. The Morgan fingerprint density at radius 1 is 1.26 bits per heavy atom. The molecule has 2 aromatic carbocycles. The van der Waals surface area contributed by atoms with Gasteiger partial charge in [-0.3, -0.25) is 10.1 Å². The second-order valence-corrected chi connectivity index (χ2v) is 8.62. The molecule has 0 fully saturated rings. The molecule has 1 N–H and O–H groups in total. The number of rotatable bonds is 8. The average molecular weight is 546 g/mol. The van der Waals surface area contributed by atoms with E-state index < -0.39 is 5.91 Å². The van der Waals surface area contributed by atoms with Crippen LogP contribution in [0.1, 0.15) is 23.1 Å². The summed E-state index contributed by atoms with van der Waals surface area (Å²) in [7, 11) is 1.54. The summed E-state index contributed by atoms with van der Waals surface area (Å²) in [5.41, 5.74) is 1.63. The molecule has 0 saturated carbocycles. The molecular formula is C22H19IN4O3S. The van der Waals surface area contributed by atoms with Crippen molar-refractivity contribution in [2.75, 3.05) is 12.4 Å². The fourth-order valence-electron chi connectivity index (χ4n) is 2.61. The first-order valence-electron chi connectivity index (χ1n) is 9.33. The number of anilines is 1. The Hall–Kier alpha value is -2.97. The molecule has 1 amide bonds. The lowest BCUT2D eigenvalue weighted by molar-refractivity contribution is -0.112. The molecule has 1 aromatic heterocycles. The Morgan fingerprint density at radius 2 is 2.10 bits per heavy atom. The molecule has 31 heavy (non-hydrogen) atoms. The summed E-state index contributed by atoms with van der Waals surface area (Å²) in [6, 6.07) is 15.2. The lowest BCUT2D eigenvalue weighted by Gasteiger charge is -2.12. The van der Waals surface area contributed by atoms with Crippen LogP contribution in [0.15, 0.2) is 48.0 Å². The van der Waals surface area contributed by atoms with E-state index in [1.165, 1.54) is 17.4 Å². The number of ether oxygens (including phenoxy) is 2. The minimum atomic E-state index is -0.542. The van der Waals surface area contributed by atoms with Gasteiger partial charge in [-0.1, -0.05) is 36.5 Å². The number of benzene rings is 2. The summed E-state index contributed by atoms with van der Waals surface area (Å²) in [5, 5.41) is 21.1. The van der Waals surface area contributed by atoms with Crippen LogP contribution in [0.3, 0.4) is 0 Å². The van der Waals surface area contributed by atoms with E-state index in [1.54, 1.807) is 25.3 Å². The zero-order valence-corrected chi connectivity index (χ0v) is 19.9. The van der Waals surface area contributed by atoms with Gasteiger partial charge >= 0.3 is 0 Å². The number of methoxy groups -OCH3 is 1. The van der Waals surface area contributed by atoms with Gasteiger partial charge in [-0.25, -0.2) is 0 Å². The number of aryl methyl sites for hydroxylation is 1. The van der Waals surface area contributed by atoms with E-state index in [-0.39, 0.29) is 5.57 Å². The first-order valence-corrected chi connectivity index (χ1v) is 11.2. The van der Waals surface area contributed by atoms with Crippen LogP contribution < -0.4 is 14.8 Å². The van der Waals surface area contributed by atoms with Crippen molar-refractivity contribution >= 4 is 51.0 Å². The quantitative estimate of drug-likeness (QED) is 0.247. The molecule has 158 valence electrons. The molecule has 0 bridgehead atoms. The first kappa shape index (κ1) is 22.7. The van der Waals surface area contributed by atoms with Crippen LogP contribution in [-0.2, 0) is 17.8 Å². The van der Waals surface area contributed by atoms with E-state index in [2.05, 4.69) is 38.1 Å². The zero-order valence-electron chi connectivity index (χ0n) is 16.9. The number of nitrogens with one attached hydrogen (secondary N) is 1. The van der Waals surface area contributed by atoms with Crippen molar-refractivity contribution in [1.82, 2.24) is 10.2 Å². The molecule has 0 radical (unpaired) electrons. The predicted molar refractivity (Wildman–Crippen MR) is 128 cm³/mol. The van der Waals surface area contributed by atoms with Gasteiger partial charge in [0.2, 0.25) is 5.13 Å². The van der Waals surface area contributed by atoms with Gasteiger partial charge in [0.25, 0.3) is 5.91 Å². The normalized spacial score (nSPS) is 11.0. The summed E-state index contributed by atoms with van der Waals surface area (Å²) < 4.78 is 12.4. The average Bonchev–Trinajstić information content (AvgIpc) is 3.23. The van der Waals surface area contributed by atoms with Gasteiger partial charge in [-0.2, -0.15) is 5.26 Å². The molecule has 0 unspecified atom stereocenters. The third-order valence-electron chi connectivity index (χ3n) is 4.14. The second-order valence-electron chi connectivity index (χ2n) is 6.31. The van der Waals surface area contributed by atoms with Crippen molar-refractivity contribution < 1.29 is 14.3 Å². The van der Waals surface area contributed by atoms with E-state index in [4.69, 9.17) is 9.47 Å². The Morgan fingerprint density at radius 3 is 2.77 bits per heavy atom. The van der Waals surface area contributed by atoms with Crippen molar-refractivity contribution in [1.29, 1.82) is 5.26 Å². The molecule has 9 heteroatoms. The summed E-state index contributed by atoms with van der Waals surface area (Å²) in [6.45, 7) is 2.35. The highest BCUT2D eigenvalue weighted by Crippen LogP contribution is 2.30. The summed E-state index contributed by atoms with van der Waals surface area (Å²) in [5.74, 6) is 0.537. The van der Waals surface area contributed by atoms with Gasteiger partial charge in [0.15, 0.2) is 11.5 Å². The van der Waals surface area contributed by atoms with Gasteiger partial charge in [0.05, 0.1) is 7.11 Å². The molecule has 0 aliphatic carbocycles. The zero-order chi connectivity index (χ0) is 22.2. The fraction of sp³-hybridized carbons (Fsp3) is 0.182. The van der Waals surface area contributed by atoms with Crippen LogP contribution >= 0.6 is 33.9 Å². The van der Waals surface area contributed by atoms with Crippen molar-refractivity contribution in [3.8, 4) is 17.6 Å². The third-order valence-corrected chi connectivity index (χ3v) is 5.79. The van der Waals surface area contributed by atoms with Crippen LogP contribution in [0.25, 0.3) is 6.08 Å². The van der Waals surface area contributed by atoms with Crippen LogP contribution in [-0.4, -0.2) is 23.2 Å². The molecule has 1 heterocycles. The monoisotopic (exact) mass is 546 g/mol. The highest BCUT2D eigenvalue weighted by Gasteiger charge is 2.13. The van der Waals surface area contributed by atoms with Crippen LogP contribution in [0.5, 0.6) is 11.5 Å². The standard InChI is InChI=1S/C22H19IN4O3S/c1-3-20-26-27-22(31-20)25-21(28)16(12-24)9-14-7-8-18(19(11-14)29-2)30-13-15-5-4-6-17(23)10-15/h4-11H,3,13H2,1-2H3,(H,25,27,28). The summed E-state index contributed by atoms with van der Waals surface area (Å²) >= 11 is 3.54. The number of nitriles is 1. The smallest absolute Gasteiger partial charge is 0.268 e. The maximum Gasteiger partial charge on any atom is 0.268 e. The van der Waals surface area contributed by atoms with Crippen molar-refractivity contribution in [2.24, 2.45) is 0 Å². The molecule has 0 spiro atoms. The number of carbonyl (C=O) groups excluding carboxylic acids is 1. The maximum absolute atomic E-state index is 12.4. The van der Waals surface area contributed by atoms with Crippen molar-refractivity contribution in [2.45, 2.75) is 20.0 Å². The Labute approximate surface area is 197 Å². The van der Waals surface area contributed by atoms with E-state index in [1.807, 2.05) is 37.3 Å². The number of aromatic nitrogens is 2. The minimum absolute atomic E-state index is 0.0529. The topological polar surface area (TPSA) is 97.1 Å². The number of halogens is 1. The molecule has 3 rings (SSSR count). The maximum atomic E-state index is 12.4. The number of hydrogen-bond acceptors (Lipinski definition) is 7. The predicted octanol–water partition coefficient (Wildman–Crippen LogP) is 4.84. The van der Waals surface area contributed by atoms with Gasteiger partial charge in [0.1, 0.15) is 23.3 Å². The lowest BCUT2D eigenvalue weighted by Crippen LogP contribution is -2.13. The third kappa shape index (κ3) is 6.26. The highest BCUT2D eigenvalue weighted by atomic mass is 127. The Kier molecular flexibility index (Phi) is 7.97. The van der Waals surface area contributed by atoms with Gasteiger partial charge in [-0.05, 0) is 70.5 Å². The summed E-state index contributed by atoms with van der Waals surface area (Å²) in [6.07, 6.45) is 2.22. The lowest BCUT2D eigenvalue weighted by atomic mass is 10.1. The Bertz CT molecular complexity index is 1150. The van der Waals surface area contributed by atoms with Crippen LogP contribution in [0, 0.1) is 14.9 Å². The van der Waals surface area contributed by atoms with Gasteiger partial charge in [0, 0.05) is 3.57 Å². The van der Waals surface area contributed by atoms with E-state index in [0.29, 0.717) is 28.8 Å². The Balaban J connectivity index is 1.74. The number of carbonyl (C=O) groups is 1. The number of nitrogens with zero attached hydrogens (tertiary/aromatic N) is 3. The van der Waals surface area contributed by atoms with Gasteiger partial charge in [-0.15, -0.1) is 10.2 Å². The first-order chi connectivity index (χ1) is 15.0. The van der Waals surface area contributed by atoms with Gasteiger partial charge < -0.3 is 9.47 Å². The van der Waals surface area contributed by atoms with E-state index in [0.717, 1.165) is 20.6 Å². The van der Waals surface area contributed by atoms with Crippen molar-refractivity contribution in [3.05, 3.63) is 67.7 Å². The van der Waals surface area contributed by atoms with E-state index >= 15 is 0 Å². The molecular weight excluding hydrogens is 527 g/mol. The molecule has 3 aromatic rings. The number of hydrogen-bond donors (Lipinski definition) is 1. The minimum Gasteiger partial charge on any atom is -0.493 e. The number of amides is 1. The largest absolute Gasteiger partial charge is 0.493 e. The van der Waals surface area contributed by atoms with E-state index in [9.17, 15) is 10.1 Å². The van der Waals surface area contributed by atoms with Crippen LogP contribution in [0.2, 0.25) is 0 Å². The van der Waals surface area contributed by atoms with Crippen molar-refractivity contribution in [3.63, 3.8) is 0 Å².